The van der Waals surface area contributed by atoms with Gasteiger partial charge in [-0.3, -0.25) is 5.10 Å². The molecule has 2 aromatic rings. The summed E-state index contributed by atoms with van der Waals surface area (Å²) in [5.74, 6) is 0.737. The first kappa shape index (κ1) is 12.2. The van der Waals surface area contributed by atoms with Gasteiger partial charge in [0.1, 0.15) is 0 Å². The van der Waals surface area contributed by atoms with Crippen LogP contribution < -0.4 is 5.32 Å². The number of H-pyrrole nitrogens is 1. The largest absolute Gasteiger partial charge is 0.385 e. The van der Waals surface area contributed by atoms with E-state index in [-0.39, 0.29) is 0 Å². The fourth-order valence-electron chi connectivity index (χ4n) is 2.40. The third-order valence-electron chi connectivity index (χ3n) is 3.63. The van der Waals surface area contributed by atoms with Crippen molar-refractivity contribution < 1.29 is 4.74 Å². The Morgan fingerprint density at radius 1 is 1.16 bits per heavy atom. The summed E-state index contributed by atoms with van der Waals surface area (Å²) in [4.78, 5) is 0. The van der Waals surface area contributed by atoms with Crippen LogP contribution in [0.3, 0.4) is 0 Å². The van der Waals surface area contributed by atoms with E-state index in [1.54, 1.807) is 6.20 Å². The molecule has 1 aliphatic heterocycles. The second-order valence-corrected chi connectivity index (χ2v) is 4.98. The average Bonchev–Trinajstić information content (AvgIpc) is 3.01. The second-order valence-electron chi connectivity index (χ2n) is 4.98. The third kappa shape index (κ3) is 3.15. The normalized spacial score (nSPS) is 16.4. The quantitative estimate of drug-likeness (QED) is 0.885. The van der Waals surface area contributed by atoms with Gasteiger partial charge in [-0.1, -0.05) is 12.1 Å². The molecule has 0 saturated carbocycles. The topological polar surface area (TPSA) is 49.9 Å². The van der Waals surface area contributed by atoms with Gasteiger partial charge in [0.15, 0.2) is 0 Å². The van der Waals surface area contributed by atoms with Crippen LogP contribution in [-0.2, 0) is 4.74 Å². The van der Waals surface area contributed by atoms with Gasteiger partial charge < -0.3 is 10.1 Å². The van der Waals surface area contributed by atoms with Crippen molar-refractivity contribution >= 4 is 5.69 Å². The highest BCUT2D eigenvalue weighted by molar-refractivity contribution is 5.62. The SMILES string of the molecule is c1cc(-c2ccc(NCC3CCOCC3)cc2)[nH]n1. The molecule has 1 aliphatic rings. The molecular weight excluding hydrogens is 238 g/mol. The molecule has 1 aromatic heterocycles. The van der Waals surface area contributed by atoms with E-state index in [1.165, 1.54) is 18.5 Å². The predicted octanol–water partition coefficient (Wildman–Crippen LogP) is 2.92. The summed E-state index contributed by atoms with van der Waals surface area (Å²) >= 11 is 0. The number of hydrogen-bond acceptors (Lipinski definition) is 3. The van der Waals surface area contributed by atoms with E-state index in [1.807, 2.05) is 6.07 Å². The van der Waals surface area contributed by atoms with Crippen molar-refractivity contribution in [3.05, 3.63) is 36.5 Å². The monoisotopic (exact) mass is 257 g/mol. The predicted molar refractivity (Wildman–Crippen MR) is 76.1 cm³/mol. The van der Waals surface area contributed by atoms with E-state index in [4.69, 9.17) is 4.74 Å². The van der Waals surface area contributed by atoms with Crippen molar-refractivity contribution in [3.8, 4) is 11.3 Å². The Labute approximate surface area is 113 Å². The fraction of sp³-hybridized carbons (Fsp3) is 0.400. The van der Waals surface area contributed by atoms with Gasteiger partial charge in [0.2, 0.25) is 0 Å². The smallest absolute Gasteiger partial charge is 0.0650 e. The van der Waals surface area contributed by atoms with Crippen molar-refractivity contribution in [1.29, 1.82) is 0 Å². The molecule has 3 rings (SSSR count). The molecule has 19 heavy (non-hydrogen) atoms. The van der Waals surface area contributed by atoms with Gasteiger partial charge in [-0.15, -0.1) is 0 Å². The van der Waals surface area contributed by atoms with Crippen LogP contribution in [0.25, 0.3) is 11.3 Å². The number of benzene rings is 1. The van der Waals surface area contributed by atoms with E-state index >= 15 is 0 Å². The highest BCUT2D eigenvalue weighted by atomic mass is 16.5. The minimum absolute atomic E-state index is 0.737. The molecule has 2 N–H and O–H groups in total. The third-order valence-corrected chi connectivity index (χ3v) is 3.63. The maximum Gasteiger partial charge on any atom is 0.0650 e. The van der Waals surface area contributed by atoms with Crippen molar-refractivity contribution in [2.24, 2.45) is 5.92 Å². The van der Waals surface area contributed by atoms with Crippen molar-refractivity contribution in [2.45, 2.75) is 12.8 Å². The van der Waals surface area contributed by atoms with Crippen LogP contribution in [0, 0.1) is 5.92 Å². The van der Waals surface area contributed by atoms with Crippen LogP contribution in [0.15, 0.2) is 36.5 Å². The zero-order valence-corrected chi connectivity index (χ0v) is 10.9. The Hall–Kier alpha value is -1.81. The van der Waals surface area contributed by atoms with Gasteiger partial charge in [0.25, 0.3) is 0 Å². The van der Waals surface area contributed by atoms with E-state index in [0.29, 0.717) is 0 Å². The fourth-order valence-corrected chi connectivity index (χ4v) is 2.40. The minimum atomic E-state index is 0.737. The molecule has 4 nitrogen and oxygen atoms in total. The van der Waals surface area contributed by atoms with Gasteiger partial charge in [-0.2, -0.15) is 5.10 Å². The molecule has 0 spiro atoms. The number of hydrogen-bond donors (Lipinski definition) is 2. The summed E-state index contributed by atoms with van der Waals surface area (Å²) in [6.45, 7) is 2.85. The van der Waals surface area contributed by atoms with Crippen molar-refractivity contribution in [3.63, 3.8) is 0 Å². The standard InChI is InChI=1S/C15H19N3O/c1-3-14(16-11-12-6-9-19-10-7-12)4-2-13(1)15-5-8-17-18-15/h1-5,8,12,16H,6-7,9-11H2,(H,17,18). The van der Waals surface area contributed by atoms with Crippen molar-refractivity contribution in [1.82, 2.24) is 10.2 Å². The zero-order chi connectivity index (χ0) is 12.9. The highest BCUT2D eigenvalue weighted by Gasteiger charge is 2.13. The summed E-state index contributed by atoms with van der Waals surface area (Å²) < 4.78 is 5.37. The summed E-state index contributed by atoms with van der Waals surface area (Å²) in [6.07, 6.45) is 4.10. The minimum Gasteiger partial charge on any atom is -0.385 e. The molecule has 0 amide bonds. The van der Waals surface area contributed by atoms with Crippen LogP contribution in [0.5, 0.6) is 0 Å². The zero-order valence-electron chi connectivity index (χ0n) is 10.9. The van der Waals surface area contributed by atoms with E-state index in [0.717, 1.165) is 36.9 Å². The number of rotatable bonds is 4. The number of aromatic nitrogens is 2. The Balaban J connectivity index is 1.57. The van der Waals surface area contributed by atoms with Crippen molar-refractivity contribution in [2.75, 3.05) is 25.1 Å². The molecule has 1 fully saturated rings. The Bertz CT molecular complexity index is 487. The summed E-state index contributed by atoms with van der Waals surface area (Å²) in [6, 6.07) is 10.4. The van der Waals surface area contributed by atoms with E-state index in [2.05, 4.69) is 39.8 Å². The lowest BCUT2D eigenvalue weighted by Crippen LogP contribution is -2.22. The first-order chi connectivity index (χ1) is 9.42. The van der Waals surface area contributed by atoms with Gasteiger partial charge in [-0.25, -0.2) is 0 Å². The molecule has 0 aliphatic carbocycles. The van der Waals surface area contributed by atoms with Crippen LogP contribution in [-0.4, -0.2) is 30.0 Å². The summed E-state index contributed by atoms with van der Waals surface area (Å²) in [5.41, 5.74) is 3.39. The van der Waals surface area contributed by atoms with Gasteiger partial charge in [-0.05, 0) is 42.5 Å². The van der Waals surface area contributed by atoms with Gasteiger partial charge >= 0.3 is 0 Å². The molecule has 2 heterocycles. The van der Waals surface area contributed by atoms with Crippen LogP contribution in [0.1, 0.15) is 12.8 Å². The lowest BCUT2D eigenvalue weighted by Gasteiger charge is -2.22. The number of ether oxygens (including phenoxy) is 1. The Morgan fingerprint density at radius 2 is 1.95 bits per heavy atom. The van der Waals surface area contributed by atoms with E-state index < -0.39 is 0 Å². The molecule has 0 atom stereocenters. The summed E-state index contributed by atoms with van der Waals surface area (Å²) in [7, 11) is 0. The first-order valence-corrected chi connectivity index (χ1v) is 6.83. The lowest BCUT2D eigenvalue weighted by atomic mass is 10.0. The average molecular weight is 257 g/mol. The lowest BCUT2D eigenvalue weighted by molar-refractivity contribution is 0.0699. The molecule has 1 aromatic carbocycles. The van der Waals surface area contributed by atoms with Gasteiger partial charge in [0, 0.05) is 31.6 Å². The van der Waals surface area contributed by atoms with Crippen LogP contribution >= 0.6 is 0 Å². The molecule has 100 valence electrons. The maximum atomic E-state index is 5.37. The number of nitrogens with one attached hydrogen (secondary N) is 2. The first-order valence-electron chi connectivity index (χ1n) is 6.83. The molecular formula is C15H19N3O. The molecule has 4 heteroatoms. The Morgan fingerprint density at radius 3 is 2.63 bits per heavy atom. The number of aromatic amines is 1. The second kappa shape index (κ2) is 5.89. The maximum absolute atomic E-state index is 5.37. The number of anilines is 1. The molecule has 0 radical (unpaired) electrons. The van der Waals surface area contributed by atoms with Crippen LogP contribution in [0.2, 0.25) is 0 Å². The van der Waals surface area contributed by atoms with Gasteiger partial charge in [0.05, 0.1) is 5.69 Å². The highest BCUT2D eigenvalue weighted by Crippen LogP contribution is 2.20. The molecule has 0 unspecified atom stereocenters. The van der Waals surface area contributed by atoms with Crippen LogP contribution in [0.4, 0.5) is 5.69 Å². The molecule has 1 saturated heterocycles. The summed E-state index contributed by atoms with van der Waals surface area (Å²) in [5, 5.41) is 10.4. The number of nitrogens with zero attached hydrogens (tertiary/aromatic N) is 1. The van der Waals surface area contributed by atoms with E-state index in [9.17, 15) is 0 Å². The molecule has 0 bridgehead atoms. The Kier molecular flexibility index (Phi) is 3.79.